The standard InChI is InChI=1S/C64H59BN2S/c1-11-39-23-32-55-53(35-39)65-59-56(66(44-29-25-41(26-30-44)62(2,3)4)60-52-38-43(64(8,9)10)28-34-58(52)68-61(60)65)21-16-22-57(59)67(55)54-33-27-42(63(5,6)7)37-50(54)40-24-31-49-47-19-13-12-17-45(47)46-18-14-15-20-48(46)51(49)36-40/h12-38H,11H2,1-10H3. The number of anilines is 6. The van der Waals surface area contributed by atoms with E-state index in [-0.39, 0.29) is 23.0 Å². The smallest absolute Gasteiger partial charge is 0.264 e. The Morgan fingerprint density at radius 1 is 0.441 bits per heavy atom. The van der Waals surface area contributed by atoms with E-state index < -0.39 is 0 Å². The molecule has 9 aromatic carbocycles. The fourth-order valence-corrected chi connectivity index (χ4v) is 12.6. The predicted molar refractivity (Wildman–Crippen MR) is 299 cm³/mol. The van der Waals surface area contributed by atoms with Gasteiger partial charge in [-0.15, -0.1) is 11.3 Å². The van der Waals surface area contributed by atoms with E-state index in [1.807, 2.05) is 11.3 Å². The summed E-state index contributed by atoms with van der Waals surface area (Å²) in [6.45, 7) is 23.3. The minimum absolute atomic E-state index is 0.0160. The third-order valence-corrected chi connectivity index (χ3v) is 16.3. The van der Waals surface area contributed by atoms with E-state index in [0.29, 0.717) is 0 Å². The third kappa shape index (κ3) is 6.58. The molecule has 0 N–H and O–H groups in total. The normalized spacial score (nSPS) is 13.7. The number of fused-ring (bicyclic) bond motifs is 12. The molecule has 2 aliphatic heterocycles. The van der Waals surface area contributed by atoms with E-state index >= 15 is 0 Å². The zero-order valence-electron chi connectivity index (χ0n) is 41.2. The third-order valence-electron chi connectivity index (χ3n) is 15.1. The Kier molecular flexibility index (Phi) is 9.55. The molecule has 0 amide bonds. The van der Waals surface area contributed by atoms with Gasteiger partial charge in [-0.3, -0.25) is 0 Å². The average molecular weight is 899 g/mol. The molecule has 0 radical (unpaired) electrons. The molecule has 1 aromatic heterocycles. The van der Waals surface area contributed by atoms with E-state index in [2.05, 4.69) is 243 Å². The molecule has 0 unspecified atom stereocenters. The van der Waals surface area contributed by atoms with Crippen molar-refractivity contribution in [1.82, 2.24) is 0 Å². The molecule has 334 valence electrons. The molecule has 4 heteroatoms. The highest BCUT2D eigenvalue weighted by Crippen LogP contribution is 2.51. The summed E-state index contributed by atoms with van der Waals surface area (Å²) in [7, 11) is 0. The first-order valence-electron chi connectivity index (χ1n) is 24.6. The molecule has 3 heterocycles. The van der Waals surface area contributed by atoms with Gasteiger partial charge in [0.1, 0.15) is 0 Å². The minimum atomic E-state index is -0.0483. The summed E-state index contributed by atoms with van der Waals surface area (Å²) in [5.74, 6) is 0. The fraction of sp³-hybridized carbons (Fsp3) is 0.219. The Labute approximate surface area is 407 Å². The van der Waals surface area contributed by atoms with Crippen molar-refractivity contribution in [2.24, 2.45) is 0 Å². The van der Waals surface area contributed by atoms with Crippen LogP contribution in [0, 0.1) is 0 Å². The van der Waals surface area contributed by atoms with Gasteiger partial charge in [0, 0.05) is 43.2 Å². The Bertz CT molecular complexity index is 3650. The lowest BCUT2D eigenvalue weighted by Crippen LogP contribution is -2.60. The van der Waals surface area contributed by atoms with Crippen LogP contribution in [0.4, 0.5) is 34.1 Å². The SMILES string of the molecule is CCc1ccc2c(c1)B1c3sc4ccc(C(C)(C)C)cc4c3N(c3ccc(C(C)(C)C)cc3)c3cccc(c31)N2c1ccc(C(C)(C)C)cc1-c1ccc2c3ccccc3c3ccccc3c2c1. The van der Waals surface area contributed by atoms with Crippen molar-refractivity contribution < 1.29 is 0 Å². The van der Waals surface area contributed by atoms with Gasteiger partial charge in [-0.05, 0) is 154 Å². The van der Waals surface area contributed by atoms with Gasteiger partial charge < -0.3 is 9.80 Å². The van der Waals surface area contributed by atoms with Crippen LogP contribution in [0.2, 0.25) is 0 Å². The Morgan fingerprint density at radius 3 is 1.63 bits per heavy atom. The Morgan fingerprint density at radius 2 is 1.00 bits per heavy atom. The summed E-state index contributed by atoms with van der Waals surface area (Å²) in [4.78, 5) is 5.23. The van der Waals surface area contributed by atoms with Crippen molar-refractivity contribution in [1.29, 1.82) is 0 Å². The van der Waals surface area contributed by atoms with Gasteiger partial charge in [0.05, 0.1) is 11.4 Å². The van der Waals surface area contributed by atoms with Crippen LogP contribution in [0.15, 0.2) is 164 Å². The Hall–Kier alpha value is -6.62. The largest absolute Gasteiger partial charge is 0.311 e. The van der Waals surface area contributed by atoms with E-state index in [1.165, 1.54) is 126 Å². The van der Waals surface area contributed by atoms with Crippen molar-refractivity contribution in [3.63, 3.8) is 0 Å². The van der Waals surface area contributed by atoms with Crippen molar-refractivity contribution in [3.05, 3.63) is 186 Å². The summed E-state index contributed by atoms with van der Waals surface area (Å²) >= 11 is 1.98. The molecular formula is C64H59BN2S. The number of benzene rings is 9. The lowest BCUT2D eigenvalue weighted by Gasteiger charge is -2.43. The topological polar surface area (TPSA) is 6.48 Å². The van der Waals surface area contributed by atoms with Crippen LogP contribution in [0.5, 0.6) is 0 Å². The molecule has 2 aliphatic rings. The Balaban J connectivity index is 1.15. The number of thiophene rings is 1. The van der Waals surface area contributed by atoms with Crippen LogP contribution in [0.25, 0.3) is 53.5 Å². The number of hydrogen-bond acceptors (Lipinski definition) is 3. The first kappa shape index (κ1) is 42.7. The summed E-state index contributed by atoms with van der Waals surface area (Å²) < 4.78 is 2.75. The van der Waals surface area contributed by atoms with Gasteiger partial charge in [0.2, 0.25) is 0 Å². The predicted octanol–water partition coefficient (Wildman–Crippen LogP) is 16.6. The van der Waals surface area contributed by atoms with Crippen LogP contribution in [0.3, 0.4) is 0 Å². The molecule has 0 saturated heterocycles. The summed E-state index contributed by atoms with van der Waals surface area (Å²) in [6, 6.07) is 63.4. The zero-order valence-corrected chi connectivity index (χ0v) is 42.0. The number of nitrogens with zero attached hydrogens (tertiary/aromatic N) is 2. The maximum atomic E-state index is 2.62. The minimum Gasteiger partial charge on any atom is -0.311 e. The van der Waals surface area contributed by atoms with Crippen LogP contribution in [0.1, 0.15) is 91.5 Å². The van der Waals surface area contributed by atoms with Crippen molar-refractivity contribution >= 4 is 110 Å². The number of aryl methyl sites for hydroxylation is 1. The summed E-state index contributed by atoms with van der Waals surface area (Å²) in [6.07, 6.45) is 0.972. The van der Waals surface area contributed by atoms with Gasteiger partial charge in [-0.2, -0.15) is 0 Å². The summed E-state index contributed by atoms with van der Waals surface area (Å²) in [5, 5.41) is 9.08. The highest BCUT2D eigenvalue weighted by molar-refractivity contribution is 7.33. The van der Waals surface area contributed by atoms with Crippen molar-refractivity contribution in [2.45, 2.75) is 91.9 Å². The second kappa shape index (κ2) is 15.2. The molecule has 10 aromatic rings. The highest BCUT2D eigenvalue weighted by atomic mass is 32.1. The van der Waals surface area contributed by atoms with Crippen LogP contribution in [-0.2, 0) is 22.7 Å². The maximum absolute atomic E-state index is 2.62. The van der Waals surface area contributed by atoms with E-state index in [4.69, 9.17) is 0 Å². The summed E-state index contributed by atoms with van der Waals surface area (Å²) in [5.41, 5.74) is 18.0. The number of hydrogen-bond donors (Lipinski definition) is 0. The van der Waals surface area contributed by atoms with E-state index in [1.54, 1.807) is 0 Å². The van der Waals surface area contributed by atoms with Crippen molar-refractivity contribution in [3.8, 4) is 11.1 Å². The first-order valence-corrected chi connectivity index (χ1v) is 25.4. The van der Waals surface area contributed by atoms with E-state index in [0.717, 1.165) is 6.42 Å². The lowest BCUT2D eigenvalue weighted by molar-refractivity contribution is 0.590. The molecule has 0 spiro atoms. The second-order valence-electron chi connectivity index (χ2n) is 22.5. The van der Waals surface area contributed by atoms with Gasteiger partial charge >= 0.3 is 0 Å². The monoisotopic (exact) mass is 898 g/mol. The molecule has 12 rings (SSSR count). The van der Waals surface area contributed by atoms with Gasteiger partial charge in [-0.25, -0.2) is 0 Å². The quantitative estimate of drug-likeness (QED) is 0.128. The average Bonchev–Trinajstić information content (AvgIpc) is 3.71. The fourth-order valence-electron chi connectivity index (χ4n) is 11.3. The molecule has 0 aliphatic carbocycles. The molecule has 0 atom stereocenters. The highest BCUT2D eigenvalue weighted by Gasteiger charge is 2.45. The maximum Gasteiger partial charge on any atom is 0.264 e. The molecule has 68 heavy (non-hydrogen) atoms. The van der Waals surface area contributed by atoms with E-state index in [9.17, 15) is 0 Å². The van der Waals surface area contributed by atoms with Crippen molar-refractivity contribution in [2.75, 3.05) is 9.80 Å². The molecule has 0 saturated carbocycles. The van der Waals surface area contributed by atoms with Crippen LogP contribution in [-0.4, -0.2) is 6.71 Å². The molecule has 0 fully saturated rings. The first-order chi connectivity index (χ1) is 32.6. The molecule has 2 nitrogen and oxygen atoms in total. The van der Waals surface area contributed by atoms with Gasteiger partial charge in [0.15, 0.2) is 0 Å². The van der Waals surface area contributed by atoms with Gasteiger partial charge in [-0.1, -0.05) is 172 Å². The molecule has 0 bridgehead atoms. The molecular weight excluding hydrogens is 840 g/mol. The van der Waals surface area contributed by atoms with Gasteiger partial charge in [0.25, 0.3) is 6.71 Å². The van der Waals surface area contributed by atoms with Crippen LogP contribution < -0.4 is 25.5 Å². The number of rotatable bonds is 4. The van der Waals surface area contributed by atoms with Crippen LogP contribution >= 0.6 is 11.3 Å². The second-order valence-corrected chi connectivity index (χ2v) is 23.6. The lowest BCUT2D eigenvalue weighted by atomic mass is 9.36. The zero-order chi connectivity index (χ0) is 47.0.